The van der Waals surface area contributed by atoms with Crippen molar-refractivity contribution in [1.29, 1.82) is 0 Å². The zero-order valence-electron chi connectivity index (χ0n) is 10.4. The smallest absolute Gasteiger partial charge is 0.321 e. The van der Waals surface area contributed by atoms with E-state index in [1.165, 1.54) is 18.3 Å². The number of hydrazine groups is 1. The van der Waals surface area contributed by atoms with Crippen molar-refractivity contribution >= 4 is 15.7 Å². The standard InChI is InChI=1S/C10H15F3N4O2S/c11-10(12,13)5-1-2-7-16-20(18,19)9-8(17-14)4-3-6-15-9/h3-4,6,16-17H,1-2,5,7,14H2. The molecule has 1 aromatic heterocycles. The van der Waals surface area contributed by atoms with Gasteiger partial charge in [0.25, 0.3) is 10.0 Å². The fraction of sp³-hybridized carbons (Fsp3) is 0.500. The van der Waals surface area contributed by atoms with E-state index < -0.39 is 22.6 Å². The molecule has 0 unspecified atom stereocenters. The van der Waals surface area contributed by atoms with Crippen LogP contribution in [-0.2, 0) is 10.0 Å². The lowest BCUT2D eigenvalue weighted by molar-refractivity contribution is -0.135. The molecule has 0 amide bonds. The Kier molecular flexibility index (Phi) is 5.72. The Hall–Kier alpha value is -1.39. The maximum Gasteiger partial charge on any atom is 0.389 e. The van der Waals surface area contributed by atoms with Crippen LogP contribution >= 0.6 is 0 Å². The molecule has 0 aliphatic rings. The number of hydrogen-bond acceptors (Lipinski definition) is 5. The molecule has 0 radical (unpaired) electrons. The van der Waals surface area contributed by atoms with Gasteiger partial charge in [0.2, 0.25) is 0 Å². The third-order valence-corrected chi connectivity index (χ3v) is 3.78. The van der Waals surface area contributed by atoms with Gasteiger partial charge in [-0.05, 0) is 25.0 Å². The number of pyridine rings is 1. The molecule has 20 heavy (non-hydrogen) atoms. The third kappa shape index (κ3) is 5.31. The summed E-state index contributed by atoms with van der Waals surface area (Å²) in [4.78, 5) is 3.69. The first-order valence-electron chi connectivity index (χ1n) is 5.74. The van der Waals surface area contributed by atoms with Crippen molar-refractivity contribution in [1.82, 2.24) is 9.71 Å². The van der Waals surface area contributed by atoms with E-state index in [0.29, 0.717) is 0 Å². The average Bonchev–Trinajstić information content (AvgIpc) is 2.36. The van der Waals surface area contributed by atoms with E-state index in [1.54, 1.807) is 0 Å². The highest BCUT2D eigenvalue weighted by atomic mass is 32.2. The first-order valence-corrected chi connectivity index (χ1v) is 7.22. The van der Waals surface area contributed by atoms with Crippen molar-refractivity contribution in [2.75, 3.05) is 12.0 Å². The summed E-state index contributed by atoms with van der Waals surface area (Å²) < 4.78 is 61.7. The number of nitrogen functional groups attached to an aromatic ring is 1. The van der Waals surface area contributed by atoms with E-state index in [2.05, 4.69) is 15.1 Å². The first kappa shape index (κ1) is 16.7. The maximum atomic E-state index is 11.9. The van der Waals surface area contributed by atoms with E-state index >= 15 is 0 Å². The summed E-state index contributed by atoms with van der Waals surface area (Å²) in [6.07, 6.45) is -3.95. The molecule has 1 heterocycles. The van der Waals surface area contributed by atoms with Crippen LogP contribution < -0.4 is 16.0 Å². The quantitative estimate of drug-likeness (QED) is 0.401. The fourth-order valence-electron chi connectivity index (χ4n) is 1.44. The molecular formula is C10H15F3N4O2S. The Labute approximate surface area is 114 Å². The molecule has 114 valence electrons. The molecule has 0 fully saturated rings. The minimum atomic E-state index is -4.23. The van der Waals surface area contributed by atoms with Crippen LogP contribution in [0.2, 0.25) is 0 Å². The van der Waals surface area contributed by atoms with E-state index in [4.69, 9.17) is 5.84 Å². The van der Waals surface area contributed by atoms with Gasteiger partial charge in [-0.1, -0.05) is 0 Å². The zero-order valence-corrected chi connectivity index (χ0v) is 11.3. The number of anilines is 1. The van der Waals surface area contributed by atoms with Gasteiger partial charge in [0.15, 0.2) is 5.03 Å². The summed E-state index contributed by atoms with van der Waals surface area (Å²) in [6.45, 7) is -0.0982. The van der Waals surface area contributed by atoms with E-state index in [-0.39, 0.29) is 30.1 Å². The van der Waals surface area contributed by atoms with Crippen LogP contribution in [-0.4, -0.2) is 26.1 Å². The molecule has 1 rings (SSSR count). The number of hydrogen-bond donors (Lipinski definition) is 3. The second-order valence-electron chi connectivity index (χ2n) is 3.97. The van der Waals surface area contributed by atoms with Gasteiger partial charge in [0, 0.05) is 19.2 Å². The molecule has 0 aromatic carbocycles. The van der Waals surface area contributed by atoms with Crippen molar-refractivity contribution in [2.24, 2.45) is 5.84 Å². The number of rotatable bonds is 7. The minimum absolute atomic E-state index is 0.0803. The van der Waals surface area contributed by atoms with Crippen molar-refractivity contribution in [2.45, 2.75) is 30.5 Å². The number of alkyl halides is 3. The molecule has 0 saturated carbocycles. The topological polar surface area (TPSA) is 97.1 Å². The normalized spacial score (nSPS) is 12.4. The van der Waals surface area contributed by atoms with Gasteiger partial charge in [0.05, 0.1) is 5.69 Å². The lowest BCUT2D eigenvalue weighted by Gasteiger charge is -2.10. The van der Waals surface area contributed by atoms with Gasteiger partial charge in [0.1, 0.15) is 0 Å². The largest absolute Gasteiger partial charge is 0.389 e. The number of unbranched alkanes of at least 4 members (excludes halogenated alkanes) is 1. The number of nitrogens with zero attached hydrogens (tertiary/aromatic N) is 1. The Morgan fingerprint density at radius 1 is 1.30 bits per heavy atom. The molecule has 0 aliphatic carbocycles. The van der Waals surface area contributed by atoms with Gasteiger partial charge in [-0.15, -0.1) is 0 Å². The van der Waals surface area contributed by atoms with E-state index in [0.717, 1.165) is 0 Å². The molecule has 6 nitrogen and oxygen atoms in total. The summed E-state index contributed by atoms with van der Waals surface area (Å²) in [7, 11) is -3.90. The predicted octanol–water partition coefficient (Wildman–Crippen LogP) is 1.38. The molecule has 10 heteroatoms. The van der Waals surface area contributed by atoms with Gasteiger partial charge < -0.3 is 5.43 Å². The minimum Gasteiger partial charge on any atom is -0.321 e. The molecule has 4 N–H and O–H groups in total. The molecular weight excluding hydrogens is 297 g/mol. The second kappa shape index (κ2) is 6.86. The Bertz CT molecular complexity index is 534. The molecule has 0 aliphatic heterocycles. The van der Waals surface area contributed by atoms with Gasteiger partial charge in [-0.2, -0.15) is 13.2 Å². The SMILES string of the molecule is NNc1cccnc1S(=O)(=O)NCCCCC(F)(F)F. The molecule has 0 spiro atoms. The lowest BCUT2D eigenvalue weighted by Crippen LogP contribution is -2.27. The monoisotopic (exact) mass is 312 g/mol. The fourth-order valence-corrected chi connectivity index (χ4v) is 2.61. The van der Waals surface area contributed by atoms with Crippen molar-refractivity contribution < 1.29 is 21.6 Å². The van der Waals surface area contributed by atoms with Crippen LogP contribution in [0, 0.1) is 0 Å². The Morgan fingerprint density at radius 2 is 2.00 bits per heavy atom. The number of sulfonamides is 1. The maximum absolute atomic E-state index is 11.9. The van der Waals surface area contributed by atoms with E-state index in [1.807, 2.05) is 0 Å². The predicted molar refractivity (Wildman–Crippen MR) is 67.1 cm³/mol. The van der Waals surface area contributed by atoms with Crippen molar-refractivity contribution in [3.8, 4) is 0 Å². The van der Waals surface area contributed by atoms with Crippen LogP contribution in [0.25, 0.3) is 0 Å². The number of halogens is 3. The van der Waals surface area contributed by atoms with Gasteiger partial charge in [-0.3, -0.25) is 5.84 Å². The second-order valence-corrected chi connectivity index (χ2v) is 5.65. The van der Waals surface area contributed by atoms with Crippen LogP contribution in [0.3, 0.4) is 0 Å². The lowest BCUT2D eigenvalue weighted by atomic mass is 10.2. The summed E-state index contributed by atoms with van der Waals surface area (Å²) in [6, 6.07) is 2.92. The van der Waals surface area contributed by atoms with Crippen molar-refractivity contribution in [3.05, 3.63) is 18.3 Å². The molecule has 0 bridgehead atoms. The summed E-state index contributed by atoms with van der Waals surface area (Å²) >= 11 is 0. The highest BCUT2D eigenvalue weighted by Crippen LogP contribution is 2.22. The number of aromatic nitrogens is 1. The van der Waals surface area contributed by atoms with Gasteiger partial charge >= 0.3 is 6.18 Å². The first-order chi connectivity index (χ1) is 9.26. The van der Waals surface area contributed by atoms with E-state index in [9.17, 15) is 21.6 Å². The number of nitrogens with one attached hydrogen (secondary N) is 2. The summed E-state index contributed by atoms with van der Waals surface area (Å²) in [5, 5.41) is -0.293. The number of nitrogens with two attached hydrogens (primary N) is 1. The Morgan fingerprint density at radius 3 is 2.60 bits per heavy atom. The van der Waals surface area contributed by atoms with Crippen molar-refractivity contribution in [3.63, 3.8) is 0 Å². The van der Waals surface area contributed by atoms with Crippen LogP contribution in [0.1, 0.15) is 19.3 Å². The highest BCUT2D eigenvalue weighted by molar-refractivity contribution is 7.89. The molecule has 1 aromatic rings. The van der Waals surface area contributed by atoms with Crippen LogP contribution in [0.4, 0.5) is 18.9 Å². The van der Waals surface area contributed by atoms with Crippen LogP contribution in [0.15, 0.2) is 23.4 Å². The van der Waals surface area contributed by atoms with Gasteiger partial charge in [-0.25, -0.2) is 18.1 Å². The van der Waals surface area contributed by atoms with Crippen LogP contribution in [0.5, 0.6) is 0 Å². The average molecular weight is 312 g/mol. The summed E-state index contributed by atoms with van der Waals surface area (Å²) in [5.41, 5.74) is 2.30. The summed E-state index contributed by atoms with van der Waals surface area (Å²) in [5.74, 6) is 5.16. The Balaban J connectivity index is 2.54. The zero-order chi connectivity index (χ0) is 15.2. The third-order valence-electron chi connectivity index (χ3n) is 2.36. The molecule has 0 saturated heterocycles. The highest BCUT2D eigenvalue weighted by Gasteiger charge is 2.26. The molecule has 0 atom stereocenters.